The molecule has 1 atom stereocenters. The van der Waals surface area contributed by atoms with Crippen molar-refractivity contribution in [3.8, 4) is 0 Å². The molecule has 2 N–H and O–H groups in total. The van der Waals surface area contributed by atoms with Crippen molar-refractivity contribution in [3.05, 3.63) is 41.5 Å². The van der Waals surface area contributed by atoms with Crippen LogP contribution in [0.3, 0.4) is 0 Å². The molecule has 2 rings (SSSR count). The molecule has 0 aliphatic heterocycles. The van der Waals surface area contributed by atoms with Gasteiger partial charge in [-0.15, -0.1) is 0 Å². The van der Waals surface area contributed by atoms with Gasteiger partial charge in [-0.1, -0.05) is 19.1 Å². The lowest BCUT2D eigenvalue weighted by atomic mass is 10.0. The van der Waals surface area contributed by atoms with E-state index in [1.165, 1.54) is 5.56 Å². The fourth-order valence-corrected chi connectivity index (χ4v) is 2.06. The van der Waals surface area contributed by atoms with Gasteiger partial charge in [-0.05, 0) is 31.0 Å². The fourth-order valence-electron chi connectivity index (χ4n) is 2.06. The molecule has 0 spiro atoms. The molecule has 1 aromatic heterocycles. The third-order valence-corrected chi connectivity index (χ3v) is 2.87. The highest BCUT2D eigenvalue weighted by molar-refractivity contribution is 5.39. The lowest BCUT2D eigenvalue weighted by Crippen LogP contribution is -2.07. The SMILES string of the molecule is Cc1nc(C(C)Cc2ccc(N)cc2)n(C)n1. The first-order valence-corrected chi connectivity index (χ1v) is 5.78. The molecule has 0 amide bonds. The molecule has 4 nitrogen and oxygen atoms in total. The van der Waals surface area contributed by atoms with Gasteiger partial charge in [0.25, 0.3) is 0 Å². The number of benzene rings is 1. The number of aryl methyl sites for hydroxylation is 2. The van der Waals surface area contributed by atoms with Crippen LogP contribution in [0.2, 0.25) is 0 Å². The van der Waals surface area contributed by atoms with Crippen LogP contribution in [0.5, 0.6) is 0 Å². The van der Waals surface area contributed by atoms with E-state index in [-0.39, 0.29) is 0 Å². The fraction of sp³-hybridized carbons (Fsp3) is 0.385. The third kappa shape index (κ3) is 2.64. The van der Waals surface area contributed by atoms with E-state index in [2.05, 4.69) is 29.1 Å². The number of anilines is 1. The topological polar surface area (TPSA) is 56.7 Å². The number of nitrogens with two attached hydrogens (primary N) is 1. The van der Waals surface area contributed by atoms with Crippen molar-refractivity contribution < 1.29 is 0 Å². The zero-order valence-corrected chi connectivity index (χ0v) is 10.5. The van der Waals surface area contributed by atoms with Gasteiger partial charge < -0.3 is 5.73 Å². The van der Waals surface area contributed by atoms with Gasteiger partial charge >= 0.3 is 0 Å². The Hall–Kier alpha value is -1.84. The summed E-state index contributed by atoms with van der Waals surface area (Å²) in [6.07, 6.45) is 0.951. The van der Waals surface area contributed by atoms with Crippen LogP contribution in [0.25, 0.3) is 0 Å². The first kappa shape index (κ1) is 11.6. The maximum Gasteiger partial charge on any atom is 0.147 e. The highest BCUT2D eigenvalue weighted by Crippen LogP contribution is 2.19. The molecule has 90 valence electrons. The molecule has 0 aliphatic carbocycles. The van der Waals surface area contributed by atoms with Crippen LogP contribution in [0.15, 0.2) is 24.3 Å². The molecular formula is C13H18N4. The predicted octanol–water partition coefficient (Wildman–Crippen LogP) is 2.05. The van der Waals surface area contributed by atoms with E-state index in [4.69, 9.17) is 5.73 Å². The smallest absolute Gasteiger partial charge is 0.147 e. The Morgan fingerprint density at radius 1 is 1.29 bits per heavy atom. The van der Waals surface area contributed by atoms with Gasteiger partial charge in [0.05, 0.1) is 0 Å². The second-order valence-electron chi connectivity index (χ2n) is 4.49. The molecule has 4 heteroatoms. The Bertz CT molecular complexity index is 499. The molecular weight excluding hydrogens is 212 g/mol. The van der Waals surface area contributed by atoms with Crippen LogP contribution in [-0.2, 0) is 13.5 Å². The molecule has 1 aromatic carbocycles. The van der Waals surface area contributed by atoms with Crippen molar-refractivity contribution in [2.45, 2.75) is 26.2 Å². The minimum atomic E-state index is 0.352. The number of rotatable bonds is 3. The summed E-state index contributed by atoms with van der Waals surface area (Å²) in [7, 11) is 1.94. The van der Waals surface area contributed by atoms with Crippen molar-refractivity contribution in [3.63, 3.8) is 0 Å². The standard InChI is InChI=1S/C13H18N4/c1-9(13-15-10(2)16-17(13)3)8-11-4-6-12(14)7-5-11/h4-7,9H,8,14H2,1-3H3. The molecule has 0 fully saturated rings. The Morgan fingerprint density at radius 2 is 1.94 bits per heavy atom. The second kappa shape index (κ2) is 4.57. The van der Waals surface area contributed by atoms with Crippen LogP contribution < -0.4 is 5.73 Å². The van der Waals surface area contributed by atoms with Gasteiger partial charge in [0, 0.05) is 18.7 Å². The summed E-state index contributed by atoms with van der Waals surface area (Å²) >= 11 is 0. The summed E-state index contributed by atoms with van der Waals surface area (Å²) in [6.45, 7) is 4.08. The average molecular weight is 230 g/mol. The van der Waals surface area contributed by atoms with E-state index < -0.39 is 0 Å². The van der Waals surface area contributed by atoms with E-state index in [1.54, 1.807) is 0 Å². The van der Waals surface area contributed by atoms with E-state index in [1.807, 2.05) is 30.8 Å². The van der Waals surface area contributed by atoms with Crippen LogP contribution in [0.4, 0.5) is 5.69 Å². The number of nitrogens with zero attached hydrogens (tertiary/aromatic N) is 3. The second-order valence-corrected chi connectivity index (χ2v) is 4.49. The van der Waals surface area contributed by atoms with E-state index in [0.29, 0.717) is 5.92 Å². The molecule has 2 aromatic rings. The minimum absolute atomic E-state index is 0.352. The maximum absolute atomic E-state index is 5.67. The zero-order valence-electron chi connectivity index (χ0n) is 10.5. The van der Waals surface area contributed by atoms with Crippen molar-refractivity contribution >= 4 is 5.69 Å². The van der Waals surface area contributed by atoms with Crippen LogP contribution in [0, 0.1) is 6.92 Å². The predicted molar refractivity (Wildman–Crippen MR) is 68.7 cm³/mol. The Morgan fingerprint density at radius 3 is 2.47 bits per heavy atom. The molecule has 0 saturated carbocycles. The number of hydrogen-bond donors (Lipinski definition) is 1. The summed E-state index contributed by atoms with van der Waals surface area (Å²) < 4.78 is 1.86. The van der Waals surface area contributed by atoms with Crippen molar-refractivity contribution in [2.24, 2.45) is 7.05 Å². The van der Waals surface area contributed by atoms with Gasteiger partial charge in [0.15, 0.2) is 0 Å². The normalized spacial score (nSPS) is 12.6. The van der Waals surface area contributed by atoms with Gasteiger partial charge in [-0.25, -0.2) is 4.98 Å². The minimum Gasteiger partial charge on any atom is -0.399 e. The van der Waals surface area contributed by atoms with Crippen molar-refractivity contribution in [2.75, 3.05) is 5.73 Å². The Kier molecular flexibility index (Phi) is 3.13. The van der Waals surface area contributed by atoms with Crippen molar-refractivity contribution in [1.82, 2.24) is 14.8 Å². The largest absolute Gasteiger partial charge is 0.399 e. The van der Waals surface area contributed by atoms with Gasteiger partial charge in [-0.3, -0.25) is 4.68 Å². The van der Waals surface area contributed by atoms with Crippen molar-refractivity contribution in [1.29, 1.82) is 0 Å². The van der Waals surface area contributed by atoms with Crippen LogP contribution in [0.1, 0.15) is 30.1 Å². The first-order chi connectivity index (χ1) is 8.06. The summed E-state index contributed by atoms with van der Waals surface area (Å²) in [5.74, 6) is 2.20. The molecule has 0 radical (unpaired) electrons. The van der Waals surface area contributed by atoms with Crippen LogP contribution >= 0.6 is 0 Å². The summed E-state index contributed by atoms with van der Waals surface area (Å²) in [5, 5.41) is 4.27. The van der Waals surface area contributed by atoms with Crippen LogP contribution in [-0.4, -0.2) is 14.8 Å². The van der Waals surface area contributed by atoms with Gasteiger partial charge in [0.2, 0.25) is 0 Å². The molecule has 1 heterocycles. The third-order valence-electron chi connectivity index (χ3n) is 2.87. The quantitative estimate of drug-likeness (QED) is 0.821. The molecule has 17 heavy (non-hydrogen) atoms. The van der Waals surface area contributed by atoms with Gasteiger partial charge in [0.1, 0.15) is 11.6 Å². The highest BCUT2D eigenvalue weighted by Gasteiger charge is 2.13. The summed E-state index contributed by atoms with van der Waals surface area (Å²) in [5.41, 5.74) is 7.74. The monoisotopic (exact) mass is 230 g/mol. The molecule has 0 bridgehead atoms. The number of aromatic nitrogens is 3. The molecule has 0 saturated heterocycles. The Labute approximate surface area is 101 Å². The van der Waals surface area contributed by atoms with E-state index in [0.717, 1.165) is 23.8 Å². The Balaban J connectivity index is 2.14. The van der Waals surface area contributed by atoms with E-state index in [9.17, 15) is 0 Å². The zero-order chi connectivity index (χ0) is 12.4. The number of hydrogen-bond acceptors (Lipinski definition) is 3. The average Bonchev–Trinajstić information content (AvgIpc) is 2.61. The maximum atomic E-state index is 5.67. The number of nitrogen functional groups attached to an aromatic ring is 1. The molecule has 0 aliphatic rings. The molecule has 1 unspecified atom stereocenters. The summed E-state index contributed by atoms with van der Waals surface area (Å²) in [6, 6.07) is 8.00. The first-order valence-electron chi connectivity index (χ1n) is 5.78. The van der Waals surface area contributed by atoms with Gasteiger partial charge in [-0.2, -0.15) is 5.10 Å². The summed E-state index contributed by atoms with van der Waals surface area (Å²) in [4.78, 5) is 4.45. The lowest BCUT2D eigenvalue weighted by Gasteiger charge is -2.10. The van der Waals surface area contributed by atoms with E-state index >= 15 is 0 Å². The highest BCUT2D eigenvalue weighted by atomic mass is 15.3. The lowest BCUT2D eigenvalue weighted by molar-refractivity contribution is 0.619.